The Morgan fingerprint density at radius 3 is 2.17 bits per heavy atom. The Hall–Kier alpha value is -2.45. The van der Waals surface area contributed by atoms with Crippen LogP contribution in [-0.2, 0) is 20.8 Å². The van der Waals surface area contributed by atoms with Crippen LogP contribution in [0.25, 0.3) is 0 Å². The fourth-order valence-electron chi connectivity index (χ4n) is 4.71. The van der Waals surface area contributed by atoms with Crippen LogP contribution < -0.4 is 16.4 Å². The van der Waals surface area contributed by atoms with E-state index in [2.05, 4.69) is 20.9 Å². The quantitative estimate of drug-likeness (QED) is 0.371. The summed E-state index contributed by atoms with van der Waals surface area (Å²) in [6, 6.07) is -0.410. The third kappa shape index (κ3) is 12.0. The first-order chi connectivity index (χ1) is 17.4. The first kappa shape index (κ1) is 29.8. The van der Waals surface area contributed by atoms with Crippen LogP contribution in [0.1, 0.15) is 122 Å². The number of primary amides is 1. The number of carbonyl (C=O) groups excluding carboxylic acids is 3. The zero-order chi connectivity index (χ0) is 26.2. The van der Waals surface area contributed by atoms with Gasteiger partial charge in [-0.25, -0.2) is 4.68 Å². The molecule has 0 radical (unpaired) electrons. The van der Waals surface area contributed by atoms with E-state index in [1.54, 1.807) is 4.68 Å². The standard InChI is InChI=1S/C27H48N6O3/c1-21(2)33-20-23(31-32-33)17-18-25(34)29-19-13-12-16-24(26(28)35)30-27(36)22-14-10-8-6-4-3-5-7-9-11-15-22/h20-22,24H,3-19H2,1-2H3,(H2,28,35)(H,29,34)(H,30,36)/t24-/m0/s1. The van der Waals surface area contributed by atoms with Gasteiger partial charge in [-0.2, -0.15) is 0 Å². The van der Waals surface area contributed by atoms with Crippen molar-refractivity contribution in [2.75, 3.05) is 6.54 Å². The smallest absolute Gasteiger partial charge is 0.239 e. The molecular weight excluding hydrogens is 456 g/mol. The van der Waals surface area contributed by atoms with Crippen LogP contribution in [0.5, 0.6) is 0 Å². The molecule has 4 N–H and O–H groups in total. The van der Waals surface area contributed by atoms with Crippen LogP contribution in [0.3, 0.4) is 0 Å². The van der Waals surface area contributed by atoms with Crippen molar-refractivity contribution in [3.63, 3.8) is 0 Å². The number of nitrogens with two attached hydrogens (primary N) is 1. The summed E-state index contributed by atoms with van der Waals surface area (Å²) in [4.78, 5) is 37.1. The second kappa shape index (κ2) is 17.1. The van der Waals surface area contributed by atoms with Crippen molar-refractivity contribution in [3.05, 3.63) is 11.9 Å². The summed E-state index contributed by atoms with van der Waals surface area (Å²) in [6.07, 6.45) is 17.3. The molecule has 1 heterocycles. The molecular formula is C27H48N6O3. The van der Waals surface area contributed by atoms with E-state index in [4.69, 9.17) is 5.73 Å². The zero-order valence-electron chi connectivity index (χ0n) is 22.5. The number of carbonyl (C=O) groups is 3. The predicted octanol–water partition coefficient (Wildman–Crippen LogP) is 3.97. The van der Waals surface area contributed by atoms with Gasteiger partial charge in [-0.1, -0.05) is 63.0 Å². The summed E-state index contributed by atoms with van der Waals surface area (Å²) >= 11 is 0. The zero-order valence-corrected chi connectivity index (χ0v) is 22.5. The van der Waals surface area contributed by atoms with Gasteiger partial charge in [-0.05, 0) is 46.0 Å². The van der Waals surface area contributed by atoms with Crippen molar-refractivity contribution in [1.29, 1.82) is 0 Å². The fraction of sp³-hybridized carbons (Fsp3) is 0.815. The monoisotopic (exact) mass is 504 g/mol. The maximum atomic E-state index is 12.9. The van der Waals surface area contributed by atoms with Gasteiger partial charge >= 0.3 is 0 Å². The molecule has 0 aromatic carbocycles. The van der Waals surface area contributed by atoms with Crippen molar-refractivity contribution in [3.8, 4) is 0 Å². The second-order valence-corrected chi connectivity index (χ2v) is 10.5. The third-order valence-corrected chi connectivity index (χ3v) is 7.07. The number of hydrogen-bond donors (Lipinski definition) is 3. The summed E-state index contributed by atoms with van der Waals surface area (Å²) in [7, 11) is 0. The Morgan fingerprint density at radius 2 is 1.61 bits per heavy atom. The highest BCUT2D eigenvalue weighted by Crippen LogP contribution is 2.21. The minimum absolute atomic E-state index is 0.0291. The minimum atomic E-state index is -0.654. The van der Waals surface area contributed by atoms with Crippen LogP contribution in [0.4, 0.5) is 0 Å². The summed E-state index contributed by atoms with van der Waals surface area (Å²) in [6.45, 7) is 4.59. The molecule has 1 atom stereocenters. The number of aryl methyl sites for hydroxylation is 1. The minimum Gasteiger partial charge on any atom is -0.368 e. The topological polar surface area (TPSA) is 132 Å². The molecule has 1 aromatic heterocycles. The number of nitrogens with zero attached hydrogens (tertiary/aromatic N) is 3. The van der Waals surface area contributed by atoms with E-state index < -0.39 is 11.9 Å². The highest BCUT2D eigenvalue weighted by molar-refractivity contribution is 5.87. The molecule has 2 rings (SSSR count). The molecule has 1 saturated carbocycles. The lowest BCUT2D eigenvalue weighted by Crippen LogP contribution is -2.46. The Bertz CT molecular complexity index is 782. The van der Waals surface area contributed by atoms with E-state index in [1.165, 1.54) is 44.9 Å². The average molecular weight is 505 g/mol. The van der Waals surface area contributed by atoms with Gasteiger partial charge in [0.1, 0.15) is 6.04 Å². The first-order valence-corrected chi connectivity index (χ1v) is 14.1. The number of unbranched alkanes of at least 4 members (excludes halogenated alkanes) is 1. The number of nitrogens with one attached hydrogen (secondary N) is 2. The van der Waals surface area contributed by atoms with Crippen molar-refractivity contribution in [2.24, 2.45) is 11.7 Å². The number of amides is 3. The van der Waals surface area contributed by atoms with Crippen molar-refractivity contribution in [1.82, 2.24) is 25.6 Å². The van der Waals surface area contributed by atoms with Crippen molar-refractivity contribution >= 4 is 17.7 Å². The van der Waals surface area contributed by atoms with Gasteiger partial charge < -0.3 is 16.4 Å². The van der Waals surface area contributed by atoms with E-state index in [1.807, 2.05) is 20.0 Å². The normalized spacial score (nSPS) is 17.1. The molecule has 0 saturated heterocycles. The van der Waals surface area contributed by atoms with E-state index in [-0.39, 0.29) is 23.8 Å². The van der Waals surface area contributed by atoms with Gasteiger partial charge in [-0.3, -0.25) is 14.4 Å². The number of rotatable bonds is 12. The van der Waals surface area contributed by atoms with Crippen LogP contribution in [0.15, 0.2) is 6.20 Å². The first-order valence-electron chi connectivity index (χ1n) is 14.1. The van der Waals surface area contributed by atoms with Gasteiger partial charge in [0, 0.05) is 37.5 Å². The van der Waals surface area contributed by atoms with Crippen LogP contribution >= 0.6 is 0 Å². The van der Waals surface area contributed by atoms with Gasteiger partial charge in [0.2, 0.25) is 17.7 Å². The van der Waals surface area contributed by atoms with E-state index >= 15 is 0 Å². The molecule has 9 nitrogen and oxygen atoms in total. The Kier molecular flexibility index (Phi) is 14.1. The predicted molar refractivity (Wildman–Crippen MR) is 141 cm³/mol. The molecule has 9 heteroatoms. The van der Waals surface area contributed by atoms with Crippen LogP contribution in [0, 0.1) is 5.92 Å². The molecule has 0 unspecified atom stereocenters. The maximum absolute atomic E-state index is 12.9. The maximum Gasteiger partial charge on any atom is 0.239 e. The molecule has 204 valence electrons. The van der Waals surface area contributed by atoms with Crippen molar-refractivity contribution in [2.45, 2.75) is 129 Å². The van der Waals surface area contributed by atoms with Crippen LogP contribution in [0.2, 0.25) is 0 Å². The SMILES string of the molecule is CC(C)n1cc(CCC(=O)NCCCC[C@H](NC(=O)C2CCCCCCCCCCC2)C(N)=O)nn1. The number of hydrogen-bond acceptors (Lipinski definition) is 5. The van der Waals surface area contributed by atoms with E-state index in [0.29, 0.717) is 32.2 Å². The fourth-order valence-corrected chi connectivity index (χ4v) is 4.71. The van der Waals surface area contributed by atoms with Crippen molar-refractivity contribution < 1.29 is 14.4 Å². The lowest BCUT2D eigenvalue weighted by molar-refractivity contribution is -0.130. The molecule has 36 heavy (non-hydrogen) atoms. The Labute approximate surface area is 216 Å². The second-order valence-electron chi connectivity index (χ2n) is 10.5. The Balaban J connectivity index is 1.66. The van der Waals surface area contributed by atoms with E-state index in [9.17, 15) is 14.4 Å². The molecule has 1 aliphatic carbocycles. The summed E-state index contributed by atoms with van der Waals surface area (Å²) in [5.74, 6) is -0.586. The highest BCUT2D eigenvalue weighted by atomic mass is 16.2. The molecule has 3 amide bonds. The molecule has 1 aliphatic rings. The lowest BCUT2D eigenvalue weighted by atomic mass is 9.92. The molecule has 0 aliphatic heterocycles. The van der Waals surface area contributed by atoms with Gasteiger partial charge in [0.15, 0.2) is 0 Å². The lowest BCUT2D eigenvalue weighted by Gasteiger charge is -2.21. The summed E-state index contributed by atoms with van der Waals surface area (Å²) < 4.78 is 1.78. The van der Waals surface area contributed by atoms with E-state index in [0.717, 1.165) is 37.8 Å². The molecule has 1 fully saturated rings. The molecule has 0 bridgehead atoms. The average Bonchev–Trinajstić information content (AvgIpc) is 3.31. The summed E-state index contributed by atoms with van der Waals surface area (Å²) in [5, 5.41) is 14.0. The summed E-state index contributed by atoms with van der Waals surface area (Å²) in [5.41, 5.74) is 6.40. The van der Waals surface area contributed by atoms with Gasteiger partial charge in [0.25, 0.3) is 0 Å². The molecule has 1 aromatic rings. The van der Waals surface area contributed by atoms with Gasteiger partial charge in [-0.15, -0.1) is 5.10 Å². The largest absolute Gasteiger partial charge is 0.368 e. The van der Waals surface area contributed by atoms with Gasteiger partial charge in [0.05, 0.1) is 5.69 Å². The third-order valence-electron chi connectivity index (χ3n) is 7.07. The van der Waals surface area contributed by atoms with Crippen LogP contribution in [-0.4, -0.2) is 45.3 Å². The number of aromatic nitrogens is 3. The highest BCUT2D eigenvalue weighted by Gasteiger charge is 2.23. The Morgan fingerprint density at radius 1 is 1.00 bits per heavy atom. The molecule has 0 spiro atoms.